The third kappa shape index (κ3) is 12.0. The lowest BCUT2D eigenvalue weighted by molar-refractivity contribution is -0.136. The second kappa shape index (κ2) is 24.1. The van der Waals surface area contributed by atoms with Gasteiger partial charge in [0.2, 0.25) is 11.8 Å². The number of benzene rings is 3. The van der Waals surface area contributed by atoms with E-state index in [2.05, 4.69) is 102 Å². The van der Waals surface area contributed by atoms with Gasteiger partial charge in [-0.05, 0) is 116 Å². The summed E-state index contributed by atoms with van der Waals surface area (Å²) < 4.78 is 19.4. The summed E-state index contributed by atoms with van der Waals surface area (Å²) in [6, 6.07) is 27.2. The van der Waals surface area contributed by atoms with Crippen LogP contribution in [-0.4, -0.2) is 104 Å². The Kier molecular flexibility index (Phi) is 16.3. The van der Waals surface area contributed by atoms with Gasteiger partial charge in [-0.2, -0.15) is 0 Å². The van der Waals surface area contributed by atoms with Crippen LogP contribution < -0.4 is 20.7 Å². The maximum atomic E-state index is 13.3. The normalized spacial score (nSPS) is 16.0. The zero-order valence-corrected chi connectivity index (χ0v) is 43.6. The lowest BCUT2D eigenvalue weighted by Crippen LogP contribution is -2.54. The molecule has 0 spiro atoms. The molecule has 2 unspecified atom stereocenters. The number of anilines is 2. The van der Waals surface area contributed by atoms with E-state index in [1.54, 1.807) is 22.9 Å². The Hall–Kier alpha value is -8.41. The number of aromatic nitrogens is 6. The molecule has 77 heavy (non-hydrogen) atoms. The van der Waals surface area contributed by atoms with Crippen molar-refractivity contribution < 1.29 is 33.4 Å². The molecular formula is C60H62N10O7. The van der Waals surface area contributed by atoms with Crippen LogP contribution in [0.2, 0.25) is 0 Å². The molecule has 17 nitrogen and oxygen atoms in total. The van der Waals surface area contributed by atoms with Gasteiger partial charge in [0, 0.05) is 78.2 Å². The first-order chi connectivity index (χ1) is 37.6. The van der Waals surface area contributed by atoms with Crippen LogP contribution >= 0.6 is 0 Å². The van der Waals surface area contributed by atoms with Crippen molar-refractivity contribution in [2.75, 3.05) is 50.2 Å². The molecule has 1 saturated heterocycles. The molecule has 6 heterocycles. The van der Waals surface area contributed by atoms with Crippen LogP contribution in [0.1, 0.15) is 106 Å². The number of hydrogen-bond acceptors (Lipinski definition) is 14. The van der Waals surface area contributed by atoms with Gasteiger partial charge in [-0.15, -0.1) is 5.10 Å². The van der Waals surface area contributed by atoms with Crippen molar-refractivity contribution in [2.45, 2.75) is 84.4 Å². The third-order valence-electron chi connectivity index (χ3n) is 14.1. The van der Waals surface area contributed by atoms with Crippen molar-refractivity contribution in [3.05, 3.63) is 154 Å². The zero-order valence-electron chi connectivity index (χ0n) is 43.6. The first-order valence-corrected chi connectivity index (χ1v) is 26.4. The Labute approximate surface area is 447 Å². The van der Waals surface area contributed by atoms with E-state index in [1.165, 1.54) is 23.1 Å². The number of ether oxygens (including phenoxy) is 3. The van der Waals surface area contributed by atoms with Gasteiger partial charge in [-0.1, -0.05) is 67.6 Å². The minimum atomic E-state index is -1.02. The van der Waals surface area contributed by atoms with Gasteiger partial charge in [0.1, 0.15) is 23.3 Å². The van der Waals surface area contributed by atoms with Crippen LogP contribution in [0.4, 0.5) is 11.5 Å². The molecule has 17 heteroatoms. The SMILES string of the molecule is CCCOc1ccccc1-c1ncc(-c2ncc(-c3ccc(NCCCn4cc(COCCOCCNc5cccc6c5C(=O)N(C5CCC(=O)NC5=O)C6=O)nn4)nc3)cc2/C=C/c2ccc3c(c2)C(C)CC3)cc1C. The lowest BCUT2D eigenvalue weighted by atomic mass is 9.98. The number of hydrogen-bond donors (Lipinski definition) is 3. The summed E-state index contributed by atoms with van der Waals surface area (Å²) in [5.41, 5.74) is 13.2. The highest BCUT2D eigenvalue weighted by Gasteiger charge is 2.45. The molecule has 3 aromatic carbocycles. The van der Waals surface area contributed by atoms with Gasteiger partial charge in [0.15, 0.2) is 0 Å². The number of pyridine rings is 3. The first-order valence-electron chi connectivity index (χ1n) is 26.4. The fourth-order valence-corrected chi connectivity index (χ4v) is 10.1. The van der Waals surface area contributed by atoms with E-state index in [1.807, 2.05) is 49.1 Å². The zero-order chi connectivity index (χ0) is 53.3. The van der Waals surface area contributed by atoms with Crippen LogP contribution in [0, 0.1) is 6.92 Å². The average Bonchev–Trinajstić information content (AvgIpc) is 4.24. The second-order valence-electron chi connectivity index (χ2n) is 19.6. The molecule has 1 fully saturated rings. The molecule has 394 valence electrons. The van der Waals surface area contributed by atoms with Gasteiger partial charge in [0.25, 0.3) is 11.8 Å². The van der Waals surface area contributed by atoms with E-state index < -0.39 is 29.7 Å². The highest BCUT2D eigenvalue weighted by atomic mass is 16.5. The predicted molar refractivity (Wildman–Crippen MR) is 294 cm³/mol. The van der Waals surface area contributed by atoms with E-state index in [0.29, 0.717) is 63.4 Å². The summed E-state index contributed by atoms with van der Waals surface area (Å²) in [6.45, 7) is 10.1. The van der Waals surface area contributed by atoms with Crippen molar-refractivity contribution in [1.29, 1.82) is 0 Å². The maximum Gasteiger partial charge on any atom is 0.264 e. The van der Waals surface area contributed by atoms with E-state index in [9.17, 15) is 19.2 Å². The fourth-order valence-electron chi connectivity index (χ4n) is 10.1. The number of nitrogens with zero attached hydrogens (tertiary/aromatic N) is 7. The molecule has 7 aromatic rings. The molecule has 0 bridgehead atoms. The molecule has 0 saturated carbocycles. The van der Waals surface area contributed by atoms with Crippen LogP contribution in [0.3, 0.4) is 0 Å². The lowest BCUT2D eigenvalue weighted by Gasteiger charge is -2.27. The highest BCUT2D eigenvalue weighted by molar-refractivity contribution is 6.25. The first kappa shape index (κ1) is 52.0. The quantitative estimate of drug-likeness (QED) is 0.0404. The largest absolute Gasteiger partial charge is 0.493 e. The standard InChI is InChI=1S/C60H62N10O7/c1-4-26-77-52-12-6-5-9-47(52)56-39(3)30-45(35-64-56)57-42(18-15-40-14-17-41-16-13-38(2)49(41)31-40)32-44(34-65-57)43-19-21-53(63-33-43)62-23-8-25-69-36-46(67-68-69)37-76-29-28-75-27-24-61-50-11-7-10-48-55(50)60(74)70(59(48)73)51-20-22-54(71)66-58(51)72/h5-7,9-12,14-15,17-19,21,30-36,38,51,61H,4,8,13,16,20,22-29,37H2,1-3H3,(H,62,63)(H,66,71,72)/b18-15+. The number of imide groups is 2. The van der Waals surface area contributed by atoms with Crippen LogP contribution in [0.5, 0.6) is 5.75 Å². The summed E-state index contributed by atoms with van der Waals surface area (Å²) >= 11 is 0. The fraction of sp³-hybridized carbons (Fsp3) is 0.317. The Morgan fingerprint density at radius 2 is 1.58 bits per heavy atom. The van der Waals surface area contributed by atoms with Gasteiger partial charge in [-0.25, -0.2) is 4.98 Å². The van der Waals surface area contributed by atoms with Gasteiger partial charge < -0.3 is 24.8 Å². The third-order valence-corrected chi connectivity index (χ3v) is 14.1. The highest BCUT2D eigenvalue weighted by Crippen LogP contribution is 2.37. The summed E-state index contributed by atoms with van der Waals surface area (Å²) in [6.07, 6.45) is 16.1. The minimum absolute atomic E-state index is 0.0582. The molecular weight excluding hydrogens is 973 g/mol. The Bertz CT molecular complexity index is 3340. The summed E-state index contributed by atoms with van der Waals surface area (Å²) in [5, 5.41) is 17.3. The number of rotatable bonds is 23. The minimum Gasteiger partial charge on any atom is -0.493 e. The second-order valence-corrected chi connectivity index (χ2v) is 19.6. The molecule has 10 rings (SSSR count). The van der Waals surface area contributed by atoms with Crippen molar-refractivity contribution in [3.63, 3.8) is 0 Å². The van der Waals surface area contributed by atoms with Crippen molar-refractivity contribution in [2.24, 2.45) is 0 Å². The van der Waals surface area contributed by atoms with E-state index in [0.717, 1.165) is 80.5 Å². The number of para-hydroxylation sites is 1. The molecule has 0 radical (unpaired) electrons. The number of aryl methyl sites for hydroxylation is 3. The van der Waals surface area contributed by atoms with E-state index >= 15 is 0 Å². The summed E-state index contributed by atoms with van der Waals surface area (Å²) in [4.78, 5) is 66.3. The molecule has 2 aliphatic heterocycles. The van der Waals surface area contributed by atoms with Crippen molar-refractivity contribution in [1.82, 2.24) is 40.2 Å². The Morgan fingerprint density at radius 3 is 2.43 bits per heavy atom. The predicted octanol–water partition coefficient (Wildman–Crippen LogP) is 9.33. The number of carbonyl (C=O) groups is 4. The van der Waals surface area contributed by atoms with Crippen molar-refractivity contribution >= 4 is 47.3 Å². The number of fused-ring (bicyclic) bond motifs is 2. The number of piperidine rings is 1. The number of amides is 4. The van der Waals surface area contributed by atoms with Crippen LogP contribution in [0.15, 0.2) is 110 Å². The summed E-state index contributed by atoms with van der Waals surface area (Å²) in [5.74, 6) is -0.0172. The molecule has 1 aliphatic carbocycles. The Balaban J connectivity index is 0.687. The smallest absolute Gasteiger partial charge is 0.264 e. The number of nitrogens with one attached hydrogen (secondary N) is 3. The van der Waals surface area contributed by atoms with Crippen LogP contribution in [-0.2, 0) is 38.6 Å². The maximum absolute atomic E-state index is 13.3. The topological polar surface area (TPSA) is 205 Å². The van der Waals surface area contributed by atoms with Gasteiger partial charge in [0.05, 0.1) is 61.7 Å². The van der Waals surface area contributed by atoms with Gasteiger partial charge in [-0.3, -0.25) is 44.0 Å². The molecule has 3 N–H and O–H groups in total. The molecule has 4 aromatic heterocycles. The molecule has 2 atom stereocenters. The Morgan fingerprint density at radius 1 is 0.753 bits per heavy atom. The monoisotopic (exact) mass is 1030 g/mol. The van der Waals surface area contributed by atoms with Crippen LogP contribution in [0.25, 0.3) is 45.8 Å². The number of carbonyl (C=O) groups excluding carboxylic acids is 4. The average molecular weight is 1040 g/mol. The van der Waals surface area contributed by atoms with E-state index in [-0.39, 0.29) is 30.6 Å². The van der Waals surface area contributed by atoms with E-state index in [4.69, 9.17) is 29.2 Å². The molecule has 4 amide bonds. The van der Waals surface area contributed by atoms with Crippen molar-refractivity contribution in [3.8, 4) is 39.4 Å². The molecule has 3 aliphatic rings. The van der Waals surface area contributed by atoms with Gasteiger partial charge >= 0.3 is 0 Å². The summed E-state index contributed by atoms with van der Waals surface area (Å²) in [7, 11) is 0.